The molecular weight excluding hydrogens is 392 g/mol. The highest BCUT2D eigenvalue weighted by Gasteiger charge is 2.35. The van der Waals surface area contributed by atoms with Crippen LogP contribution in [0.1, 0.15) is 6.92 Å². The summed E-state index contributed by atoms with van der Waals surface area (Å²) in [5.41, 5.74) is 0.978. The normalized spacial score (nSPS) is 19.9. The highest BCUT2D eigenvalue weighted by atomic mass is 79.9. The first-order chi connectivity index (χ1) is 11.5. The number of hydrogen-bond donors (Lipinski definition) is 2. The molecule has 2 amide bonds. The number of carbonyl (C=O) groups excluding carboxylic acids is 2. The second kappa shape index (κ2) is 8.00. The minimum atomic E-state index is -0.888. The molecule has 0 fully saturated rings. The van der Waals surface area contributed by atoms with E-state index in [1.54, 1.807) is 19.1 Å². The average Bonchev–Trinajstić information content (AvgIpc) is 2.55. The van der Waals surface area contributed by atoms with Gasteiger partial charge in [0.25, 0.3) is 0 Å². The van der Waals surface area contributed by atoms with Crippen LogP contribution in [0, 0.1) is 34.5 Å². The van der Waals surface area contributed by atoms with Crippen molar-refractivity contribution in [3.8, 4) is 12.1 Å². The van der Waals surface area contributed by atoms with Crippen LogP contribution in [0.4, 0.5) is 5.69 Å². The van der Waals surface area contributed by atoms with Crippen LogP contribution in [0.2, 0.25) is 0 Å². The molecule has 24 heavy (non-hydrogen) atoms. The summed E-state index contributed by atoms with van der Waals surface area (Å²) in [4.78, 5) is 23.9. The minimum Gasteiger partial charge on any atom is -0.325 e. The molecule has 0 unspecified atom stereocenters. The molecule has 0 radical (unpaired) electrons. The third kappa shape index (κ3) is 4.16. The number of halogens is 1. The molecule has 1 aromatic rings. The van der Waals surface area contributed by atoms with Gasteiger partial charge in [0.05, 0.1) is 28.5 Å². The second-order valence-electron chi connectivity index (χ2n) is 5.08. The smallest absolute Gasteiger partial charge is 0.242 e. The van der Waals surface area contributed by atoms with Gasteiger partial charge in [-0.25, -0.2) is 0 Å². The van der Waals surface area contributed by atoms with Crippen molar-refractivity contribution in [1.82, 2.24) is 5.32 Å². The Kier molecular flexibility index (Phi) is 6.02. The van der Waals surface area contributed by atoms with Gasteiger partial charge in [-0.05, 0) is 24.3 Å². The number of carbonyl (C=O) groups is 2. The van der Waals surface area contributed by atoms with Crippen LogP contribution in [0.15, 0.2) is 39.3 Å². The first-order valence-electron chi connectivity index (χ1n) is 6.99. The van der Waals surface area contributed by atoms with Crippen LogP contribution in [0.25, 0.3) is 0 Å². The molecule has 6 nitrogen and oxygen atoms in total. The van der Waals surface area contributed by atoms with Crippen LogP contribution in [0.5, 0.6) is 0 Å². The fraction of sp³-hybridized carbons (Fsp3) is 0.250. The summed E-state index contributed by atoms with van der Waals surface area (Å²) in [6.45, 7) is 1.66. The van der Waals surface area contributed by atoms with E-state index in [2.05, 4.69) is 26.6 Å². The maximum atomic E-state index is 12.0. The number of benzene rings is 1. The van der Waals surface area contributed by atoms with Crippen molar-refractivity contribution < 1.29 is 9.59 Å². The van der Waals surface area contributed by atoms with E-state index in [9.17, 15) is 14.9 Å². The lowest BCUT2D eigenvalue weighted by Crippen LogP contribution is -2.39. The van der Waals surface area contributed by atoms with Gasteiger partial charge in [-0.15, -0.1) is 0 Å². The number of rotatable bonds is 4. The van der Waals surface area contributed by atoms with Crippen molar-refractivity contribution in [1.29, 1.82) is 10.5 Å². The Bertz CT molecular complexity index is 777. The highest BCUT2D eigenvalue weighted by molar-refractivity contribution is 9.10. The predicted molar refractivity (Wildman–Crippen MR) is 94.3 cm³/mol. The number of hydrogen-bond acceptors (Lipinski definition) is 5. The van der Waals surface area contributed by atoms with E-state index in [1.165, 1.54) is 0 Å². The Morgan fingerprint density at radius 1 is 1.38 bits per heavy atom. The molecule has 0 saturated carbocycles. The largest absolute Gasteiger partial charge is 0.325 e. The number of nitriles is 2. The molecule has 1 aliphatic heterocycles. The van der Waals surface area contributed by atoms with Crippen LogP contribution in [-0.2, 0) is 9.59 Å². The van der Waals surface area contributed by atoms with Gasteiger partial charge in [0, 0.05) is 16.1 Å². The van der Waals surface area contributed by atoms with Gasteiger partial charge in [0.2, 0.25) is 11.8 Å². The lowest BCUT2D eigenvalue weighted by atomic mass is 9.86. The lowest BCUT2D eigenvalue weighted by molar-refractivity contribution is -0.124. The van der Waals surface area contributed by atoms with Crippen molar-refractivity contribution in [2.75, 3.05) is 11.1 Å². The number of nitrogens with one attached hydrogen (secondary N) is 2. The van der Waals surface area contributed by atoms with Crippen LogP contribution >= 0.6 is 27.7 Å². The van der Waals surface area contributed by atoms with Gasteiger partial charge in [-0.2, -0.15) is 10.5 Å². The molecule has 0 aromatic heterocycles. The predicted octanol–water partition coefficient (Wildman–Crippen LogP) is 2.76. The molecule has 8 heteroatoms. The van der Waals surface area contributed by atoms with E-state index in [0.29, 0.717) is 16.3 Å². The number of anilines is 1. The average molecular weight is 405 g/mol. The van der Waals surface area contributed by atoms with Crippen molar-refractivity contribution >= 4 is 45.2 Å². The summed E-state index contributed by atoms with van der Waals surface area (Å²) in [6.07, 6.45) is 0. The van der Waals surface area contributed by atoms with Gasteiger partial charge < -0.3 is 10.6 Å². The molecule has 2 atom stereocenters. The third-order valence-corrected chi connectivity index (χ3v) is 5.00. The van der Waals surface area contributed by atoms with Crippen molar-refractivity contribution in [3.05, 3.63) is 39.3 Å². The Morgan fingerprint density at radius 2 is 2.04 bits per heavy atom. The Hall–Kier alpha value is -2.29. The molecule has 2 rings (SSSR count). The summed E-state index contributed by atoms with van der Waals surface area (Å²) in [5.74, 6) is -2.04. The van der Waals surface area contributed by atoms with E-state index in [4.69, 9.17) is 5.26 Å². The monoisotopic (exact) mass is 404 g/mol. The number of amides is 2. The molecule has 2 N–H and O–H groups in total. The number of thioether (sulfide) groups is 1. The molecule has 1 heterocycles. The maximum Gasteiger partial charge on any atom is 0.242 e. The second-order valence-corrected chi connectivity index (χ2v) is 6.98. The molecule has 0 spiro atoms. The summed E-state index contributed by atoms with van der Waals surface area (Å²) in [5, 5.41) is 23.9. The van der Waals surface area contributed by atoms with Gasteiger partial charge in [0.1, 0.15) is 5.92 Å². The molecular formula is C16H13BrN4O2S. The third-order valence-electron chi connectivity index (χ3n) is 3.45. The summed E-state index contributed by atoms with van der Waals surface area (Å²) in [6, 6.07) is 11.1. The van der Waals surface area contributed by atoms with Gasteiger partial charge in [-0.3, -0.25) is 9.59 Å². The summed E-state index contributed by atoms with van der Waals surface area (Å²) in [7, 11) is 0. The summed E-state index contributed by atoms with van der Waals surface area (Å²) >= 11 is 4.39. The first-order valence-corrected chi connectivity index (χ1v) is 8.77. The molecule has 1 aromatic carbocycles. The zero-order valence-corrected chi connectivity index (χ0v) is 15.1. The zero-order chi connectivity index (χ0) is 17.7. The Balaban J connectivity index is 2.03. The first kappa shape index (κ1) is 18.1. The van der Waals surface area contributed by atoms with E-state index >= 15 is 0 Å². The van der Waals surface area contributed by atoms with E-state index in [-0.39, 0.29) is 11.7 Å². The molecule has 0 aliphatic carbocycles. The van der Waals surface area contributed by atoms with Crippen molar-refractivity contribution in [2.45, 2.75) is 6.92 Å². The SMILES string of the molecule is C[C@@H]1C(C#N)=C(SCC(=O)Nc2ccc(Br)cc2)NC(=O)[C@H]1C#N. The van der Waals surface area contributed by atoms with E-state index < -0.39 is 17.7 Å². The maximum absolute atomic E-state index is 12.0. The minimum absolute atomic E-state index is 0.0425. The van der Waals surface area contributed by atoms with Crippen LogP contribution < -0.4 is 10.6 Å². The zero-order valence-electron chi connectivity index (χ0n) is 12.7. The topological polar surface area (TPSA) is 106 Å². The van der Waals surface area contributed by atoms with Crippen LogP contribution in [-0.4, -0.2) is 17.6 Å². The molecule has 122 valence electrons. The van der Waals surface area contributed by atoms with Crippen LogP contribution in [0.3, 0.4) is 0 Å². The molecule has 0 saturated heterocycles. The van der Waals surface area contributed by atoms with E-state index in [0.717, 1.165) is 16.2 Å². The fourth-order valence-electron chi connectivity index (χ4n) is 2.16. The number of allylic oxidation sites excluding steroid dienone is 1. The standard InChI is InChI=1S/C16H13BrN4O2S/c1-9-12(6-18)15(23)21-16(13(9)7-19)24-8-14(22)20-11-4-2-10(17)3-5-11/h2-5,9,12H,8H2,1H3,(H,20,22)(H,21,23)/t9-,12-/m0/s1. The molecule has 1 aliphatic rings. The van der Waals surface area contributed by atoms with E-state index in [1.807, 2.05) is 24.3 Å². The highest BCUT2D eigenvalue weighted by Crippen LogP contribution is 2.31. The quantitative estimate of drug-likeness (QED) is 0.802. The van der Waals surface area contributed by atoms with Crippen molar-refractivity contribution in [3.63, 3.8) is 0 Å². The van der Waals surface area contributed by atoms with Gasteiger partial charge in [0.15, 0.2) is 0 Å². The number of nitrogens with zero attached hydrogens (tertiary/aromatic N) is 2. The van der Waals surface area contributed by atoms with Gasteiger partial charge in [-0.1, -0.05) is 34.6 Å². The van der Waals surface area contributed by atoms with Gasteiger partial charge >= 0.3 is 0 Å². The fourth-order valence-corrected chi connectivity index (χ4v) is 3.33. The lowest BCUT2D eigenvalue weighted by Gasteiger charge is -2.25. The Labute approximate surface area is 152 Å². The summed E-state index contributed by atoms with van der Waals surface area (Å²) < 4.78 is 0.907. The molecule has 0 bridgehead atoms. The van der Waals surface area contributed by atoms with Crippen molar-refractivity contribution in [2.24, 2.45) is 11.8 Å². The Morgan fingerprint density at radius 3 is 2.62 bits per heavy atom.